The zero-order valence-corrected chi connectivity index (χ0v) is 17.1. The lowest BCUT2D eigenvalue weighted by Gasteiger charge is -2.24. The minimum atomic E-state index is -0.626. The summed E-state index contributed by atoms with van der Waals surface area (Å²) in [5, 5.41) is 3.33. The molecule has 3 N–H and O–H groups in total. The summed E-state index contributed by atoms with van der Waals surface area (Å²) in [5.74, 6) is 1.09. The number of hydrogen-bond acceptors (Lipinski definition) is 2. The number of halogens is 1. The minimum absolute atomic E-state index is 0. The van der Waals surface area contributed by atoms with Gasteiger partial charge in [-0.1, -0.05) is 30.3 Å². The van der Waals surface area contributed by atoms with Crippen LogP contribution in [0.2, 0.25) is 0 Å². The molecule has 0 spiro atoms. The Morgan fingerprint density at radius 3 is 2.62 bits per heavy atom. The number of nitrogens with two attached hydrogens (primary N) is 1. The monoisotopic (exact) mass is 444 g/mol. The third kappa shape index (κ3) is 5.36. The number of aliphatic imine (C=N–C) groups is 1. The fourth-order valence-electron chi connectivity index (χ4n) is 2.73. The zero-order chi connectivity index (χ0) is 16.9. The molecule has 0 saturated carbocycles. The summed E-state index contributed by atoms with van der Waals surface area (Å²) in [4.78, 5) is 18.4. The Bertz CT molecular complexity index is 559. The molecule has 1 heterocycles. The molecule has 1 aliphatic rings. The normalized spacial score (nSPS) is 18.2. The van der Waals surface area contributed by atoms with Crippen LogP contribution in [0.5, 0.6) is 0 Å². The highest BCUT2D eigenvalue weighted by Crippen LogP contribution is 2.27. The summed E-state index contributed by atoms with van der Waals surface area (Å²) in [5.41, 5.74) is 6.19. The number of primary amides is 1. The Balaban J connectivity index is 0.00000288. The van der Waals surface area contributed by atoms with Crippen LogP contribution >= 0.6 is 24.0 Å². The standard InChI is InChI=1S/C18H28N4O.HI/c1-4-20-17(21-13-18(2,3)16(19)23)22-11-10-15(12-22)14-8-6-5-7-9-14;/h5-9,15H,4,10-13H2,1-3H3,(H2,19,23)(H,20,21);1H. The van der Waals surface area contributed by atoms with Gasteiger partial charge in [0.1, 0.15) is 0 Å². The molecule has 1 aliphatic heterocycles. The van der Waals surface area contributed by atoms with Crippen molar-refractivity contribution in [3.8, 4) is 0 Å². The molecule has 24 heavy (non-hydrogen) atoms. The van der Waals surface area contributed by atoms with Crippen LogP contribution < -0.4 is 11.1 Å². The van der Waals surface area contributed by atoms with Gasteiger partial charge in [-0.15, -0.1) is 24.0 Å². The molecule has 0 aliphatic carbocycles. The van der Waals surface area contributed by atoms with Gasteiger partial charge in [0.25, 0.3) is 0 Å². The third-order valence-electron chi connectivity index (χ3n) is 4.38. The number of amides is 1. The smallest absolute Gasteiger partial charge is 0.224 e. The molecule has 6 heteroatoms. The fourth-order valence-corrected chi connectivity index (χ4v) is 2.73. The molecular formula is C18H29IN4O. The van der Waals surface area contributed by atoms with Crippen LogP contribution in [0.3, 0.4) is 0 Å². The third-order valence-corrected chi connectivity index (χ3v) is 4.38. The fraction of sp³-hybridized carbons (Fsp3) is 0.556. The number of benzene rings is 1. The van der Waals surface area contributed by atoms with Gasteiger partial charge in [-0.05, 0) is 32.8 Å². The van der Waals surface area contributed by atoms with Crippen LogP contribution in [0, 0.1) is 5.41 Å². The molecule has 1 amide bonds. The predicted molar refractivity (Wildman–Crippen MR) is 110 cm³/mol. The van der Waals surface area contributed by atoms with E-state index in [1.54, 1.807) is 0 Å². The number of carbonyl (C=O) groups excluding carboxylic acids is 1. The molecule has 0 bridgehead atoms. The summed E-state index contributed by atoms with van der Waals surface area (Å²) >= 11 is 0. The molecule has 134 valence electrons. The first-order valence-electron chi connectivity index (χ1n) is 8.32. The molecule has 0 aromatic heterocycles. The molecule has 1 aromatic carbocycles. The van der Waals surface area contributed by atoms with Crippen LogP contribution in [-0.4, -0.2) is 42.9 Å². The number of hydrogen-bond donors (Lipinski definition) is 2. The molecule has 2 rings (SSSR count). The lowest BCUT2D eigenvalue weighted by Crippen LogP contribution is -2.42. The van der Waals surface area contributed by atoms with Crippen molar-refractivity contribution in [3.05, 3.63) is 35.9 Å². The van der Waals surface area contributed by atoms with E-state index in [4.69, 9.17) is 5.73 Å². The van der Waals surface area contributed by atoms with E-state index in [1.807, 2.05) is 19.9 Å². The Morgan fingerprint density at radius 2 is 2.04 bits per heavy atom. The molecule has 1 fully saturated rings. The van der Waals surface area contributed by atoms with E-state index in [-0.39, 0.29) is 29.9 Å². The highest BCUT2D eigenvalue weighted by molar-refractivity contribution is 14.0. The maximum Gasteiger partial charge on any atom is 0.224 e. The highest BCUT2D eigenvalue weighted by atomic mass is 127. The molecule has 1 saturated heterocycles. The molecular weight excluding hydrogens is 415 g/mol. The number of likely N-dealkylation sites (tertiary alicyclic amines) is 1. The maximum atomic E-state index is 11.5. The minimum Gasteiger partial charge on any atom is -0.369 e. The first-order chi connectivity index (χ1) is 10.9. The van der Waals surface area contributed by atoms with Crippen LogP contribution in [-0.2, 0) is 4.79 Å². The van der Waals surface area contributed by atoms with E-state index in [0.717, 1.165) is 32.0 Å². The van der Waals surface area contributed by atoms with Crippen molar-refractivity contribution in [1.82, 2.24) is 10.2 Å². The molecule has 1 unspecified atom stereocenters. The Kier molecular flexibility index (Phi) is 7.99. The van der Waals surface area contributed by atoms with Gasteiger partial charge in [-0.3, -0.25) is 9.79 Å². The molecule has 1 aromatic rings. The van der Waals surface area contributed by atoms with Gasteiger partial charge >= 0.3 is 0 Å². The van der Waals surface area contributed by atoms with Gasteiger partial charge in [-0.25, -0.2) is 0 Å². The van der Waals surface area contributed by atoms with E-state index in [9.17, 15) is 4.79 Å². The Labute approximate surface area is 162 Å². The maximum absolute atomic E-state index is 11.5. The summed E-state index contributed by atoms with van der Waals surface area (Å²) in [6.07, 6.45) is 1.12. The van der Waals surface area contributed by atoms with E-state index in [0.29, 0.717) is 12.5 Å². The van der Waals surface area contributed by atoms with Gasteiger partial charge in [0, 0.05) is 25.6 Å². The lowest BCUT2D eigenvalue weighted by molar-refractivity contribution is -0.125. The summed E-state index contributed by atoms with van der Waals surface area (Å²) in [7, 11) is 0. The number of guanidine groups is 1. The molecule has 0 radical (unpaired) electrons. The van der Waals surface area contributed by atoms with Crippen molar-refractivity contribution in [2.24, 2.45) is 16.1 Å². The van der Waals surface area contributed by atoms with Crippen molar-refractivity contribution < 1.29 is 4.79 Å². The van der Waals surface area contributed by atoms with Crippen molar-refractivity contribution in [1.29, 1.82) is 0 Å². The van der Waals surface area contributed by atoms with Crippen molar-refractivity contribution in [2.75, 3.05) is 26.2 Å². The summed E-state index contributed by atoms with van der Waals surface area (Å²) < 4.78 is 0. The van der Waals surface area contributed by atoms with E-state index in [1.165, 1.54) is 5.56 Å². The van der Waals surface area contributed by atoms with Gasteiger partial charge in [0.05, 0.1) is 12.0 Å². The zero-order valence-electron chi connectivity index (χ0n) is 14.8. The van der Waals surface area contributed by atoms with Crippen molar-refractivity contribution in [3.63, 3.8) is 0 Å². The number of nitrogens with zero attached hydrogens (tertiary/aromatic N) is 2. The van der Waals surface area contributed by atoms with Crippen LogP contribution in [0.25, 0.3) is 0 Å². The van der Waals surface area contributed by atoms with Crippen LogP contribution in [0.15, 0.2) is 35.3 Å². The number of rotatable bonds is 5. The summed E-state index contributed by atoms with van der Waals surface area (Å²) in [6, 6.07) is 10.6. The topological polar surface area (TPSA) is 70.7 Å². The SMILES string of the molecule is CCNC(=NCC(C)(C)C(N)=O)N1CCC(c2ccccc2)C1.I. The second kappa shape index (κ2) is 9.25. The van der Waals surface area contributed by atoms with Gasteiger partial charge in [0.15, 0.2) is 5.96 Å². The second-order valence-corrected chi connectivity index (χ2v) is 6.76. The van der Waals surface area contributed by atoms with E-state index in [2.05, 4.69) is 46.4 Å². The van der Waals surface area contributed by atoms with Crippen molar-refractivity contribution in [2.45, 2.75) is 33.1 Å². The second-order valence-electron chi connectivity index (χ2n) is 6.76. The predicted octanol–water partition coefficient (Wildman–Crippen LogP) is 2.57. The summed E-state index contributed by atoms with van der Waals surface area (Å²) in [6.45, 7) is 8.85. The Hall–Kier alpha value is -1.31. The van der Waals surface area contributed by atoms with Crippen LogP contribution in [0.1, 0.15) is 38.7 Å². The highest BCUT2D eigenvalue weighted by Gasteiger charge is 2.28. The lowest BCUT2D eigenvalue weighted by atomic mass is 9.93. The first-order valence-corrected chi connectivity index (χ1v) is 8.32. The molecule has 5 nitrogen and oxygen atoms in total. The van der Waals surface area contributed by atoms with Crippen molar-refractivity contribution >= 4 is 35.8 Å². The van der Waals surface area contributed by atoms with Gasteiger partial charge in [0.2, 0.25) is 5.91 Å². The largest absolute Gasteiger partial charge is 0.369 e. The Morgan fingerprint density at radius 1 is 1.38 bits per heavy atom. The van der Waals surface area contributed by atoms with E-state index < -0.39 is 5.41 Å². The number of nitrogens with one attached hydrogen (secondary N) is 1. The van der Waals surface area contributed by atoms with Gasteiger partial charge in [-0.2, -0.15) is 0 Å². The quantitative estimate of drug-likeness (QED) is 0.417. The average molecular weight is 444 g/mol. The number of carbonyl (C=O) groups is 1. The average Bonchev–Trinajstić information content (AvgIpc) is 3.02. The van der Waals surface area contributed by atoms with E-state index >= 15 is 0 Å². The van der Waals surface area contributed by atoms with Crippen LogP contribution in [0.4, 0.5) is 0 Å². The molecule has 1 atom stereocenters. The first kappa shape index (κ1) is 20.7. The van der Waals surface area contributed by atoms with Gasteiger partial charge < -0.3 is 16.0 Å².